The predicted molar refractivity (Wildman–Crippen MR) is 103 cm³/mol. The molecule has 1 aromatic heterocycles. The van der Waals surface area contributed by atoms with Crippen LogP contribution in [0.1, 0.15) is 26.8 Å². The molecule has 0 unspecified atom stereocenters. The number of carbonyl (C=O) groups is 3. The second-order valence-electron chi connectivity index (χ2n) is 6.54. The summed E-state index contributed by atoms with van der Waals surface area (Å²) in [4.78, 5) is 40.1. The highest BCUT2D eigenvalue weighted by Gasteiger charge is 2.28. The van der Waals surface area contributed by atoms with Crippen molar-refractivity contribution in [2.75, 3.05) is 27.2 Å². The van der Waals surface area contributed by atoms with E-state index in [0.717, 1.165) is 10.5 Å². The van der Waals surface area contributed by atoms with Gasteiger partial charge < -0.3 is 15.5 Å². The van der Waals surface area contributed by atoms with Gasteiger partial charge in [-0.2, -0.15) is 0 Å². The van der Waals surface area contributed by atoms with Crippen molar-refractivity contribution in [3.63, 3.8) is 0 Å². The Balaban J connectivity index is 1.59. The van der Waals surface area contributed by atoms with Gasteiger partial charge in [-0.3, -0.25) is 14.5 Å². The molecule has 2 heterocycles. The van der Waals surface area contributed by atoms with Crippen LogP contribution >= 0.6 is 11.3 Å². The van der Waals surface area contributed by atoms with E-state index in [0.29, 0.717) is 12.1 Å². The van der Waals surface area contributed by atoms with Crippen LogP contribution in [0.3, 0.4) is 0 Å². The van der Waals surface area contributed by atoms with E-state index in [1.165, 1.54) is 4.88 Å². The lowest BCUT2D eigenvalue weighted by Crippen LogP contribution is -2.34. The van der Waals surface area contributed by atoms with Gasteiger partial charge in [0.2, 0.25) is 5.91 Å². The molecule has 1 saturated heterocycles. The Labute approximate surface area is 162 Å². The Bertz CT molecular complexity index is 802. The molecule has 1 aromatic carbocycles. The van der Waals surface area contributed by atoms with Crippen molar-refractivity contribution in [3.8, 4) is 0 Å². The molecule has 0 bridgehead atoms. The molecule has 1 fully saturated rings. The van der Waals surface area contributed by atoms with E-state index in [2.05, 4.69) is 21.6 Å². The van der Waals surface area contributed by atoms with Crippen LogP contribution in [0, 0.1) is 0 Å². The number of carbonyl (C=O) groups excluding carboxylic acids is 3. The summed E-state index contributed by atoms with van der Waals surface area (Å²) in [5.74, 6) is -0.398. The van der Waals surface area contributed by atoms with Crippen LogP contribution in [0.5, 0.6) is 0 Å². The summed E-state index contributed by atoms with van der Waals surface area (Å²) in [6.07, 6.45) is 0. The van der Waals surface area contributed by atoms with Gasteiger partial charge in [0.05, 0.1) is 19.1 Å². The van der Waals surface area contributed by atoms with Crippen molar-refractivity contribution in [1.82, 2.24) is 20.4 Å². The molecule has 1 aliphatic rings. The summed E-state index contributed by atoms with van der Waals surface area (Å²) in [7, 11) is 3.97. The molecule has 142 valence electrons. The highest BCUT2D eigenvalue weighted by molar-refractivity contribution is 7.10. The lowest BCUT2D eigenvalue weighted by Gasteiger charge is -2.23. The summed E-state index contributed by atoms with van der Waals surface area (Å²) < 4.78 is 0. The van der Waals surface area contributed by atoms with Gasteiger partial charge in [-0.15, -0.1) is 11.3 Å². The number of amides is 4. The van der Waals surface area contributed by atoms with E-state index in [1.54, 1.807) is 35.6 Å². The quantitative estimate of drug-likeness (QED) is 0.712. The van der Waals surface area contributed by atoms with Gasteiger partial charge >= 0.3 is 6.03 Å². The predicted octanol–water partition coefficient (Wildman–Crippen LogP) is 1.83. The van der Waals surface area contributed by atoms with Crippen LogP contribution < -0.4 is 10.6 Å². The highest BCUT2D eigenvalue weighted by Crippen LogP contribution is 2.22. The summed E-state index contributed by atoms with van der Waals surface area (Å²) in [5.41, 5.74) is 1.33. The average Bonchev–Trinajstić information content (AvgIpc) is 3.28. The normalized spacial score (nSPS) is 15.1. The molecule has 8 heteroatoms. The van der Waals surface area contributed by atoms with Crippen molar-refractivity contribution in [1.29, 1.82) is 0 Å². The first-order valence-corrected chi connectivity index (χ1v) is 9.49. The minimum absolute atomic E-state index is 0.0383. The molecule has 0 radical (unpaired) electrons. The molecular formula is C19H22N4O3S. The number of urea groups is 1. The minimum atomic E-state index is -0.384. The number of nitrogens with one attached hydrogen (secondary N) is 2. The van der Waals surface area contributed by atoms with Crippen LogP contribution in [0.2, 0.25) is 0 Å². The largest absolute Gasteiger partial charge is 0.350 e. The maximum absolute atomic E-state index is 12.4. The first-order chi connectivity index (χ1) is 13.0. The zero-order valence-electron chi connectivity index (χ0n) is 15.3. The number of imide groups is 1. The fourth-order valence-electron chi connectivity index (χ4n) is 2.87. The van der Waals surface area contributed by atoms with Gasteiger partial charge in [0, 0.05) is 17.0 Å². The van der Waals surface area contributed by atoms with E-state index in [-0.39, 0.29) is 37.0 Å². The van der Waals surface area contributed by atoms with Gasteiger partial charge in [0.1, 0.15) is 0 Å². The number of likely N-dealkylation sites (N-methyl/N-ethyl adjacent to an activating group) is 1. The molecule has 0 saturated carbocycles. The number of hydrogen-bond acceptors (Lipinski definition) is 5. The molecule has 0 aliphatic carbocycles. The third-order valence-electron chi connectivity index (χ3n) is 4.44. The SMILES string of the molecule is CN(C)[C@@H](CNC(=O)c1ccc(CN2C(=O)CNC2=O)cc1)c1cccs1. The summed E-state index contributed by atoms with van der Waals surface area (Å²) in [5, 5.41) is 7.49. The first-order valence-electron chi connectivity index (χ1n) is 8.61. The van der Waals surface area contributed by atoms with Crippen LogP contribution in [0.4, 0.5) is 4.79 Å². The van der Waals surface area contributed by atoms with E-state index in [1.807, 2.05) is 25.5 Å². The van der Waals surface area contributed by atoms with Gasteiger partial charge in [-0.1, -0.05) is 18.2 Å². The van der Waals surface area contributed by atoms with Gasteiger partial charge in [-0.25, -0.2) is 4.79 Å². The highest BCUT2D eigenvalue weighted by atomic mass is 32.1. The van der Waals surface area contributed by atoms with Crippen LogP contribution in [-0.4, -0.2) is 54.8 Å². The van der Waals surface area contributed by atoms with Crippen LogP contribution in [0.25, 0.3) is 0 Å². The molecule has 7 nitrogen and oxygen atoms in total. The standard InChI is InChI=1S/C19H22N4O3S/c1-22(2)15(16-4-3-9-27-16)10-20-18(25)14-7-5-13(6-8-14)12-23-17(24)11-21-19(23)26/h3-9,15H,10-12H2,1-2H3,(H,20,25)(H,21,26)/t15-/m0/s1. The summed E-state index contributed by atoms with van der Waals surface area (Å²) in [6, 6.07) is 10.7. The van der Waals surface area contributed by atoms with Crippen LogP contribution in [0.15, 0.2) is 41.8 Å². The molecule has 2 N–H and O–H groups in total. The number of nitrogens with zero attached hydrogens (tertiary/aromatic N) is 2. The first kappa shape index (κ1) is 19.1. The lowest BCUT2D eigenvalue weighted by atomic mass is 10.1. The number of hydrogen-bond donors (Lipinski definition) is 2. The van der Waals surface area contributed by atoms with Crippen LogP contribution in [-0.2, 0) is 11.3 Å². The number of rotatable bonds is 7. The van der Waals surface area contributed by atoms with Gasteiger partial charge in [-0.05, 0) is 43.2 Å². The second-order valence-corrected chi connectivity index (χ2v) is 7.52. The number of thiophene rings is 1. The fourth-order valence-corrected chi connectivity index (χ4v) is 3.79. The van der Waals surface area contributed by atoms with Crippen molar-refractivity contribution in [2.45, 2.75) is 12.6 Å². The molecule has 4 amide bonds. The topological polar surface area (TPSA) is 81.8 Å². The Morgan fingerprint density at radius 2 is 2.00 bits per heavy atom. The Morgan fingerprint density at radius 1 is 1.26 bits per heavy atom. The van der Waals surface area contributed by atoms with E-state index in [4.69, 9.17) is 0 Å². The zero-order valence-corrected chi connectivity index (χ0v) is 16.1. The van der Waals surface area contributed by atoms with Crippen molar-refractivity contribution in [2.24, 2.45) is 0 Å². The summed E-state index contributed by atoms with van der Waals surface area (Å²) >= 11 is 1.67. The average molecular weight is 386 g/mol. The third kappa shape index (κ3) is 4.53. The van der Waals surface area contributed by atoms with E-state index < -0.39 is 0 Å². The van der Waals surface area contributed by atoms with Gasteiger partial charge in [0.15, 0.2) is 0 Å². The monoisotopic (exact) mass is 386 g/mol. The van der Waals surface area contributed by atoms with Crippen molar-refractivity contribution >= 4 is 29.2 Å². The van der Waals surface area contributed by atoms with Crippen molar-refractivity contribution < 1.29 is 14.4 Å². The maximum atomic E-state index is 12.4. The lowest BCUT2D eigenvalue weighted by molar-refractivity contribution is -0.125. The van der Waals surface area contributed by atoms with Gasteiger partial charge in [0.25, 0.3) is 5.91 Å². The smallest absolute Gasteiger partial charge is 0.324 e. The fraction of sp³-hybridized carbons (Fsp3) is 0.316. The third-order valence-corrected chi connectivity index (χ3v) is 5.42. The molecule has 1 aliphatic heterocycles. The number of benzene rings is 1. The molecule has 0 spiro atoms. The zero-order chi connectivity index (χ0) is 19.4. The molecule has 27 heavy (non-hydrogen) atoms. The maximum Gasteiger partial charge on any atom is 0.324 e. The molecule has 3 rings (SSSR count). The minimum Gasteiger partial charge on any atom is -0.350 e. The van der Waals surface area contributed by atoms with E-state index >= 15 is 0 Å². The Hall–Kier alpha value is -2.71. The Kier molecular flexibility index (Phi) is 5.88. The molecule has 2 aromatic rings. The van der Waals surface area contributed by atoms with Crippen molar-refractivity contribution in [3.05, 3.63) is 57.8 Å². The summed E-state index contributed by atoms with van der Waals surface area (Å²) in [6.45, 7) is 0.751. The second kappa shape index (κ2) is 8.32. The van der Waals surface area contributed by atoms with E-state index in [9.17, 15) is 14.4 Å². The molecular weight excluding hydrogens is 364 g/mol. The molecule has 1 atom stereocenters. The Morgan fingerprint density at radius 3 is 2.56 bits per heavy atom.